The van der Waals surface area contributed by atoms with Crippen LogP contribution < -0.4 is 9.47 Å². The molecular formula is C15H15F4NO2. The van der Waals surface area contributed by atoms with Crippen molar-refractivity contribution in [2.45, 2.75) is 38.0 Å². The average molecular weight is 317 g/mol. The lowest BCUT2D eigenvalue weighted by atomic mass is 9.87. The molecule has 0 aromatic heterocycles. The minimum Gasteiger partial charge on any atom is -0.495 e. The van der Waals surface area contributed by atoms with Crippen molar-refractivity contribution >= 4 is 0 Å². The Morgan fingerprint density at radius 1 is 1.14 bits per heavy atom. The molecule has 0 heterocycles. The number of hydrogen-bond donors (Lipinski definition) is 0. The molecule has 0 spiro atoms. The Morgan fingerprint density at radius 3 is 2.27 bits per heavy atom. The SMILES string of the molecule is COc1cc(O[C@H]2CC[C@H](C(F)(F)F)CC2)c(F)cc1C#N. The van der Waals surface area contributed by atoms with Crippen LogP contribution in [0.4, 0.5) is 17.6 Å². The molecule has 1 aliphatic carbocycles. The van der Waals surface area contributed by atoms with Crippen molar-refractivity contribution in [1.29, 1.82) is 5.26 Å². The molecule has 0 N–H and O–H groups in total. The second-order valence-corrected chi connectivity index (χ2v) is 5.23. The molecule has 2 rings (SSSR count). The molecule has 0 amide bonds. The molecule has 7 heteroatoms. The Balaban J connectivity index is 2.05. The van der Waals surface area contributed by atoms with Gasteiger partial charge in [-0.1, -0.05) is 0 Å². The van der Waals surface area contributed by atoms with E-state index >= 15 is 0 Å². The van der Waals surface area contributed by atoms with Crippen LogP contribution in [-0.2, 0) is 0 Å². The first kappa shape index (κ1) is 16.4. The third kappa shape index (κ3) is 3.62. The zero-order valence-corrected chi connectivity index (χ0v) is 11.9. The third-order valence-electron chi connectivity index (χ3n) is 3.81. The third-order valence-corrected chi connectivity index (χ3v) is 3.81. The Hall–Kier alpha value is -1.97. The van der Waals surface area contributed by atoms with Crippen LogP contribution in [-0.4, -0.2) is 19.4 Å². The lowest BCUT2D eigenvalue weighted by Gasteiger charge is -2.30. The summed E-state index contributed by atoms with van der Waals surface area (Å²) in [6, 6.07) is 4.04. The summed E-state index contributed by atoms with van der Waals surface area (Å²) in [6.45, 7) is 0. The van der Waals surface area contributed by atoms with Crippen molar-refractivity contribution in [2.75, 3.05) is 7.11 Å². The Bertz CT molecular complexity index is 572. The Labute approximate surface area is 125 Å². The van der Waals surface area contributed by atoms with E-state index in [0.717, 1.165) is 6.07 Å². The van der Waals surface area contributed by atoms with Crippen LogP contribution in [0.25, 0.3) is 0 Å². The minimum atomic E-state index is -4.19. The van der Waals surface area contributed by atoms with Gasteiger partial charge >= 0.3 is 6.18 Å². The highest BCUT2D eigenvalue weighted by Gasteiger charge is 2.41. The topological polar surface area (TPSA) is 42.2 Å². The predicted octanol–water partition coefficient (Wildman–Crippen LogP) is 4.21. The maximum atomic E-state index is 13.9. The summed E-state index contributed by atoms with van der Waals surface area (Å²) in [5, 5.41) is 8.85. The van der Waals surface area contributed by atoms with E-state index in [1.54, 1.807) is 6.07 Å². The molecule has 0 unspecified atom stereocenters. The van der Waals surface area contributed by atoms with Crippen molar-refractivity contribution in [1.82, 2.24) is 0 Å². The lowest BCUT2D eigenvalue weighted by Crippen LogP contribution is -2.32. The lowest BCUT2D eigenvalue weighted by molar-refractivity contribution is -0.185. The van der Waals surface area contributed by atoms with Crippen LogP contribution in [0.2, 0.25) is 0 Å². The first-order valence-electron chi connectivity index (χ1n) is 6.86. The van der Waals surface area contributed by atoms with E-state index in [4.69, 9.17) is 14.7 Å². The number of rotatable bonds is 3. The van der Waals surface area contributed by atoms with Gasteiger partial charge in [-0.15, -0.1) is 0 Å². The van der Waals surface area contributed by atoms with E-state index in [1.807, 2.05) is 0 Å². The van der Waals surface area contributed by atoms with Gasteiger partial charge in [0.15, 0.2) is 11.6 Å². The number of methoxy groups -OCH3 is 1. The number of halogens is 4. The molecule has 120 valence electrons. The molecule has 1 saturated carbocycles. The fourth-order valence-corrected chi connectivity index (χ4v) is 2.57. The number of nitrogens with zero attached hydrogens (tertiary/aromatic N) is 1. The standard InChI is InChI=1S/C15H15F4NO2/c1-21-13-7-14(12(16)6-9(13)8-20)22-11-4-2-10(3-5-11)15(17,18)19/h6-7,10-11H,2-5H2,1H3/t10-,11-. The van der Waals surface area contributed by atoms with Crippen LogP contribution in [0.3, 0.4) is 0 Å². The minimum absolute atomic E-state index is 0.0246. The van der Waals surface area contributed by atoms with Gasteiger partial charge in [0.1, 0.15) is 11.8 Å². The van der Waals surface area contributed by atoms with E-state index in [0.29, 0.717) is 0 Å². The zero-order valence-electron chi connectivity index (χ0n) is 11.9. The molecule has 22 heavy (non-hydrogen) atoms. The molecule has 1 fully saturated rings. The van der Waals surface area contributed by atoms with E-state index in [1.165, 1.54) is 13.2 Å². The molecule has 0 aliphatic heterocycles. The van der Waals surface area contributed by atoms with Gasteiger partial charge in [-0.25, -0.2) is 4.39 Å². The highest BCUT2D eigenvalue weighted by Crippen LogP contribution is 2.39. The fraction of sp³-hybridized carbons (Fsp3) is 0.533. The maximum Gasteiger partial charge on any atom is 0.391 e. The molecule has 1 aliphatic rings. The van der Waals surface area contributed by atoms with Crippen LogP contribution in [0, 0.1) is 23.1 Å². The van der Waals surface area contributed by atoms with Crippen molar-refractivity contribution in [3.8, 4) is 17.6 Å². The quantitative estimate of drug-likeness (QED) is 0.784. The number of nitriles is 1. The Morgan fingerprint density at radius 2 is 1.77 bits per heavy atom. The molecule has 1 aromatic carbocycles. The molecule has 0 atom stereocenters. The highest BCUT2D eigenvalue weighted by atomic mass is 19.4. The molecule has 0 bridgehead atoms. The predicted molar refractivity (Wildman–Crippen MR) is 70.1 cm³/mol. The first-order valence-corrected chi connectivity index (χ1v) is 6.86. The number of hydrogen-bond acceptors (Lipinski definition) is 3. The maximum absolute atomic E-state index is 13.9. The largest absolute Gasteiger partial charge is 0.495 e. The number of ether oxygens (including phenoxy) is 2. The van der Waals surface area contributed by atoms with Gasteiger partial charge < -0.3 is 9.47 Å². The van der Waals surface area contributed by atoms with E-state index in [-0.39, 0.29) is 42.7 Å². The Kier molecular flexibility index (Phi) is 4.79. The van der Waals surface area contributed by atoms with Gasteiger partial charge in [0.25, 0.3) is 0 Å². The number of benzene rings is 1. The summed E-state index contributed by atoms with van der Waals surface area (Å²) in [5.74, 6) is -1.97. The van der Waals surface area contributed by atoms with Gasteiger partial charge in [0.05, 0.1) is 24.7 Å². The summed E-state index contributed by atoms with van der Waals surface area (Å²) in [5.41, 5.74) is 0.0353. The highest BCUT2D eigenvalue weighted by molar-refractivity contribution is 5.48. The van der Waals surface area contributed by atoms with Gasteiger partial charge in [0, 0.05) is 6.07 Å². The summed E-state index contributed by atoms with van der Waals surface area (Å²) in [6.07, 6.45) is -4.27. The van der Waals surface area contributed by atoms with E-state index in [2.05, 4.69) is 0 Å². The molecule has 0 saturated heterocycles. The summed E-state index contributed by atoms with van der Waals surface area (Å²) < 4.78 is 62.1. The molecule has 1 aromatic rings. The molecular weight excluding hydrogens is 302 g/mol. The zero-order chi connectivity index (χ0) is 16.3. The van der Waals surface area contributed by atoms with Gasteiger partial charge in [0.2, 0.25) is 0 Å². The van der Waals surface area contributed by atoms with E-state index in [9.17, 15) is 17.6 Å². The van der Waals surface area contributed by atoms with Crippen molar-refractivity contribution in [3.63, 3.8) is 0 Å². The fourth-order valence-electron chi connectivity index (χ4n) is 2.57. The molecule has 3 nitrogen and oxygen atoms in total. The van der Waals surface area contributed by atoms with Crippen molar-refractivity contribution in [2.24, 2.45) is 5.92 Å². The van der Waals surface area contributed by atoms with Crippen LogP contribution >= 0.6 is 0 Å². The van der Waals surface area contributed by atoms with Gasteiger partial charge in [-0.3, -0.25) is 0 Å². The summed E-state index contributed by atoms with van der Waals surface area (Å²) >= 11 is 0. The summed E-state index contributed by atoms with van der Waals surface area (Å²) in [4.78, 5) is 0. The molecule has 0 radical (unpaired) electrons. The van der Waals surface area contributed by atoms with Crippen LogP contribution in [0.1, 0.15) is 31.2 Å². The van der Waals surface area contributed by atoms with Crippen molar-refractivity contribution < 1.29 is 27.0 Å². The second kappa shape index (κ2) is 6.42. The monoisotopic (exact) mass is 317 g/mol. The van der Waals surface area contributed by atoms with Crippen LogP contribution in [0.5, 0.6) is 11.5 Å². The van der Waals surface area contributed by atoms with Gasteiger partial charge in [-0.2, -0.15) is 18.4 Å². The van der Waals surface area contributed by atoms with E-state index < -0.39 is 24.0 Å². The van der Waals surface area contributed by atoms with Crippen LogP contribution in [0.15, 0.2) is 12.1 Å². The van der Waals surface area contributed by atoms with Gasteiger partial charge in [-0.05, 0) is 31.7 Å². The van der Waals surface area contributed by atoms with Crippen molar-refractivity contribution in [3.05, 3.63) is 23.5 Å². The average Bonchev–Trinajstić information content (AvgIpc) is 2.48. The second-order valence-electron chi connectivity index (χ2n) is 5.23. The normalized spacial score (nSPS) is 22.0. The number of alkyl halides is 3. The summed E-state index contributed by atoms with van der Waals surface area (Å²) in [7, 11) is 1.34. The smallest absolute Gasteiger partial charge is 0.391 e. The first-order chi connectivity index (χ1) is 10.3.